The Morgan fingerprint density at radius 1 is 1.60 bits per heavy atom. The van der Waals surface area contributed by atoms with Gasteiger partial charge in [0.2, 0.25) is 0 Å². The van der Waals surface area contributed by atoms with E-state index in [0.717, 1.165) is 11.6 Å². The van der Waals surface area contributed by atoms with E-state index in [1.165, 1.54) is -0.342 Å². The van der Waals surface area contributed by atoms with Crippen LogP contribution in [-0.2, 0) is 0 Å². The third-order valence-corrected chi connectivity index (χ3v) is 4.37. The Hall–Kier alpha value is 0.316. The molecule has 0 spiro atoms. The summed E-state index contributed by atoms with van der Waals surface area (Å²) in [6, 6.07) is 2.19. The molecule has 0 saturated carbocycles. The SMILES string of the molecule is F[C@@H]1C[C@H]2COc3[c]([K])ccnc3N2C1. The summed E-state index contributed by atoms with van der Waals surface area (Å²) < 4.78 is 20.3. The van der Waals surface area contributed by atoms with E-state index in [9.17, 15) is 4.39 Å². The number of anilines is 1. The molecule has 74 valence electrons. The van der Waals surface area contributed by atoms with Gasteiger partial charge in [0, 0.05) is 0 Å². The minimum absolute atomic E-state index is 0.189. The first-order chi connectivity index (χ1) is 7.25. The summed E-state index contributed by atoms with van der Waals surface area (Å²) in [5.74, 6) is 1.76. The minimum atomic E-state index is -0.728. The maximum absolute atomic E-state index is 13.3. The molecule has 3 rings (SSSR count). The average Bonchev–Trinajstić information content (AvgIpc) is 2.59. The van der Waals surface area contributed by atoms with Crippen LogP contribution in [0.5, 0.6) is 5.75 Å². The van der Waals surface area contributed by atoms with Crippen LogP contribution in [0.25, 0.3) is 0 Å². The fourth-order valence-corrected chi connectivity index (χ4v) is 3.18. The van der Waals surface area contributed by atoms with Gasteiger partial charge in [-0.1, -0.05) is 0 Å². The fraction of sp³-hybridized carbons (Fsp3) is 0.500. The van der Waals surface area contributed by atoms with Crippen molar-refractivity contribution in [2.45, 2.75) is 18.6 Å². The van der Waals surface area contributed by atoms with Crippen LogP contribution in [-0.4, -0.2) is 79.3 Å². The topological polar surface area (TPSA) is 25.4 Å². The molecule has 15 heavy (non-hydrogen) atoms. The Labute approximate surface area is 122 Å². The normalized spacial score (nSPS) is 28.3. The third kappa shape index (κ3) is 1.74. The van der Waals surface area contributed by atoms with Gasteiger partial charge in [0.05, 0.1) is 0 Å². The second-order valence-electron chi connectivity index (χ2n) is 4.23. The number of fused-ring (bicyclic) bond motifs is 3. The average molecular weight is 232 g/mol. The molecule has 0 unspecified atom stereocenters. The number of pyridine rings is 1. The van der Waals surface area contributed by atoms with Gasteiger partial charge in [-0.15, -0.1) is 0 Å². The van der Waals surface area contributed by atoms with Gasteiger partial charge in [-0.25, -0.2) is 0 Å². The Balaban J connectivity index is 2.05. The van der Waals surface area contributed by atoms with E-state index in [1.807, 2.05) is 6.07 Å². The van der Waals surface area contributed by atoms with Crippen molar-refractivity contribution in [3.05, 3.63) is 12.3 Å². The quantitative estimate of drug-likeness (QED) is 0.597. The molecule has 0 bridgehead atoms. The van der Waals surface area contributed by atoms with E-state index in [1.54, 1.807) is 6.20 Å². The molecule has 1 aromatic heterocycles. The van der Waals surface area contributed by atoms with Gasteiger partial charge in [-0.05, 0) is 0 Å². The van der Waals surface area contributed by atoms with Crippen molar-refractivity contribution in [1.82, 2.24) is 4.98 Å². The summed E-state index contributed by atoms with van der Waals surface area (Å²) in [6.07, 6.45) is 1.65. The molecule has 0 aromatic carbocycles. The number of halogens is 1. The summed E-state index contributed by atoms with van der Waals surface area (Å²) in [5.41, 5.74) is 0. The summed E-state index contributed by atoms with van der Waals surface area (Å²) in [6.45, 7) is 1.09. The standard InChI is InChI=1S/C10H10FN2O.K/c11-7-4-8-6-14-9-2-1-3-12-10(9)13(8)5-7;/h1,3,7-8H,4-6H2;/t7-,8+;/m1./s1. The second-order valence-corrected chi connectivity index (χ2v) is 5.91. The summed E-state index contributed by atoms with van der Waals surface area (Å²) in [7, 11) is 0. The molecule has 1 aromatic rings. The zero-order valence-corrected chi connectivity index (χ0v) is 11.7. The van der Waals surface area contributed by atoms with E-state index in [4.69, 9.17) is 4.74 Å². The van der Waals surface area contributed by atoms with Gasteiger partial charge in [-0.2, -0.15) is 0 Å². The summed E-state index contributed by atoms with van der Waals surface area (Å²) in [5, 5.41) is 0. The molecule has 0 amide bonds. The Kier molecular flexibility index (Phi) is 2.76. The van der Waals surface area contributed by atoms with Crippen LogP contribution in [0.1, 0.15) is 6.42 Å². The molecular weight excluding hydrogens is 222 g/mol. The Morgan fingerprint density at radius 3 is 3.33 bits per heavy atom. The van der Waals surface area contributed by atoms with E-state index in [-0.39, 0.29) is 6.04 Å². The van der Waals surface area contributed by atoms with Gasteiger partial charge in [0.15, 0.2) is 0 Å². The van der Waals surface area contributed by atoms with Gasteiger partial charge in [0.25, 0.3) is 0 Å². The number of nitrogens with zero attached hydrogens (tertiary/aromatic N) is 2. The molecule has 2 aliphatic heterocycles. The van der Waals surface area contributed by atoms with Crippen molar-refractivity contribution in [2.75, 3.05) is 18.1 Å². The van der Waals surface area contributed by atoms with Crippen molar-refractivity contribution in [3.8, 4) is 5.75 Å². The molecule has 5 heteroatoms. The molecule has 0 radical (unpaired) electrons. The van der Waals surface area contributed by atoms with Crippen molar-refractivity contribution in [3.63, 3.8) is 0 Å². The van der Waals surface area contributed by atoms with Crippen LogP contribution in [0.3, 0.4) is 0 Å². The number of hydrogen-bond donors (Lipinski definition) is 0. The van der Waals surface area contributed by atoms with Crippen molar-refractivity contribution in [2.24, 2.45) is 0 Å². The van der Waals surface area contributed by atoms with Crippen LogP contribution in [0, 0.1) is 0 Å². The predicted octanol–water partition coefficient (Wildman–Crippen LogP) is 0.185. The van der Waals surface area contributed by atoms with Crippen LogP contribution in [0.2, 0.25) is 0 Å². The molecule has 2 atom stereocenters. The molecule has 0 aliphatic carbocycles. The number of aromatic nitrogens is 1. The van der Waals surface area contributed by atoms with E-state index < -0.39 is 6.17 Å². The maximum atomic E-state index is 13.3. The first kappa shape index (κ1) is 10.5. The van der Waals surface area contributed by atoms with E-state index in [0.29, 0.717) is 68.5 Å². The Morgan fingerprint density at radius 2 is 2.47 bits per heavy atom. The molecular formula is C10H10FKN2O. The number of hydrogen-bond acceptors (Lipinski definition) is 3. The summed E-state index contributed by atoms with van der Waals surface area (Å²) in [4.78, 5) is 6.39. The van der Waals surface area contributed by atoms with Crippen LogP contribution in [0.4, 0.5) is 10.2 Å². The molecule has 0 N–H and O–H groups in total. The molecule has 2 aliphatic rings. The molecule has 3 heterocycles. The van der Waals surface area contributed by atoms with Gasteiger partial charge in [0.1, 0.15) is 0 Å². The fourth-order valence-electron chi connectivity index (χ4n) is 2.37. The number of ether oxygens (including phenoxy) is 1. The van der Waals surface area contributed by atoms with Crippen molar-refractivity contribution >= 4 is 54.4 Å². The monoisotopic (exact) mass is 232 g/mol. The van der Waals surface area contributed by atoms with Gasteiger partial charge < -0.3 is 0 Å². The van der Waals surface area contributed by atoms with Crippen molar-refractivity contribution in [1.29, 1.82) is 0 Å². The number of rotatable bonds is 0. The van der Waals surface area contributed by atoms with E-state index in [2.05, 4.69) is 9.88 Å². The zero-order chi connectivity index (χ0) is 10.4. The predicted molar refractivity (Wildman–Crippen MR) is 55.8 cm³/mol. The van der Waals surface area contributed by atoms with Crippen molar-refractivity contribution < 1.29 is 9.13 Å². The zero-order valence-electron chi connectivity index (χ0n) is 8.61. The molecule has 3 nitrogen and oxygen atoms in total. The van der Waals surface area contributed by atoms with Crippen LogP contribution < -0.4 is 9.29 Å². The Bertz CT molecular complexity index is 401. The first-order valence-electron chi connectivity index (χ1n) is 5.25. The van der Waals surface area contributed by atoms with E-state index >= 15 is 0 Å². The van der Waals surface area contributed by atoms with Crippen LogP contribution >= 0.6 is 0 Å². The molecule has 1 saturated heterocycles. The van der Waals surface area contributed by atoms with Crippen LogP contribution in [0.15, 0.2) is 12.3 Å². The second kappa shape index (κ2) is 3.96. The first-order valence-corrected chi connectivity index (χ1v) is 6.81. The van der Waals surface area contributed by atoms with Gasteiger partial charge in [-0.3, -0.25) is 0 Å². The number of alkyl halides is 1. The summed E-state index contributed by atoms with van der Waals surface area (Å²) >= 11 is 0.571. The molecule has 1 fully saturated rings. The third-order valence-electron chi connectivity index (χ3n) is 3.14. The van der Waals surface area contributed by atoms with Gasteiger partial charge >= 0.3 is 123 Å².